The standard InChI is InChI=1S/2C13H15.C2H7Si.2HI.Zr/c2*1-3-6-11-9-12-7-4-5-8-13(12)10(11)2;1-3-2;;;/h2*4-5,7-9H,3,6H2,1-2H3;3H,1-2H3;2*1H;/q2*-1;;;;+4/p-2. The van der Waals surface area contributed by atoms with Crippen LogP contribution in [0.3, 0.4) is 0 Å². The van der Waals surface area contributed by atoms with Gasteiger partial charge in [0.2, 0.25) is 0 Å². The van der Waals surface area contributed by atoms with Crippen molar-refractivity contribution in [1.29, 1.82) is 0 Å². The first-order valence-electron chi connectivity index (χ1n) is 11.1. The van der Waals surface area contributed by atoms with Crippen LogP contribution in [0.25, 0.3) is 21.5 Å². The Balaban J connectivity index is 0. The second-order valence-electron chi connectivity index (χ2n) is 7.84. The molecule has 0 heterocycles. The van der Waals surface area contributed by atoms with Gasteiger partial charge in [-0.3, -0.25) is 0 Å². The number of rotatable bonds is 4. The van der Waals surface area contributed by atoms with Gasteiger partial charge in [-0.15, -0.1) is 81.2 Å². The Bertz CT molecular complexity index is 935. The van der Waals surface area contributed by atoms with Gasteiger partial charge in [0.15, 0.2) is 0 Å². The molecule has 0 amide bonds. The van der Waals surface area contributed by atoms with Gasteiger partial charge in [0, 0.05) is 9.52 Å². The van der Waals surface area contributed by atoms with Crippen molar-refractivity contribution in [2.24, 2.45) is 0 Å². The summed E-state index contributed by atoms with van der Waals surface area (Å²) in [5.74, 6) is 0. The number of fused-ring (bicyclic) bond motifs is 2. The molecule has 0 N–H and O–H groups in total. The van der Waals surface area contributed by atoms with E-state index in [0.717, 1.165) is 9.52 Å². The van der Waals surface area contributed by atoms with Crippen molar-refractivity contribution in [2.45, 2.75) is 66.5 Å². The van der Waals surface area contributed by atoms with E-state index in [-0.39, 0.29) is 74.2 Å². The van der Waals surface area contributed by atoms with E-state index in [0.29, 0.717) is 0 Å². The Morgan fingerprint density at radius 3 is 1.25 bits per heavy atom. The van der Waals surface area contributed by atoms with Crippen molar-refractivity contribution in [3.05, 3.63) is 82.9 Å². The molecule has 4 heteroatoms. The van der Waals surface area contributed by atoms with Crippen molar-refractivity contribution in [2.75, 3.05) is 0 Å². The van der Waals surface area contributed by atoms with Crippen molar-refractivity contribution in [3.8, 4) is 0 Å². The van der Waals surface area contributed by atoms with Crippen LogP contribution in [-0.4, -0.2) is 9.52 Å². The molecule has 0 saturated carbocycles. The molecular formula is C28H37I2SiZr. The molecule has 4 aromatic carbocycles. The van der Waals surface area contributed by atoms with E-state index >= 15 is 0 Å². The number of benzene rings is 2. The fraction of sp³-hybridized carbons (Fsp3) is 0.357. The summed E-state index contributed by atoms with van der Waals surface area (Å²) < 4.78 is 0. The SMILES string of the molecule is CCCc1[cH-]c2ccccc2c1C.CCCc1[cH-]c2ccccc2c1C.C[SiH]C.[I-].[I-].[Zr+4]. The molecule has 0 saturated heterocycles. The minimum atomic E-state index is 0. The van der Waals surface area contributed by atoms with Gasteiger partial charge in [0.05, 0.1) is 0 Å². The summed E-state index contributed by atoms with van der Waals surface area (Å²) in [7, 11) is 0.750. The number of hydrogen-bond acceptors (Lipinski definition) is 0. The van der Waals surface area contributed by atoms with E-state index in [2.05, 4.69) is 101 Å². The molecule has 0 fully saturated rings. The molecule has 171 valence electrons. The molecule has 0 bridgehead atoms. The maximum Gasteiger partial charge on any atom is 4.00 e. The molecule has 1 radical (unpaired) electrons. The Labute approximate surface area is 252 Å². The van der Waals surface area contributed by atoms with E-state index in [4.69, 9.17) is 0 Å². The van der Waals surface area contributed by atoms with Gasteiger partial charge in [0.25, 0.3) is 0 Å². The first-order valence-corrected chi connectivity index (χ1v) is 13.4. The Hall–Kier alpha value is 0.220. The summed E-state index contributed by atoms with van der Waals surface area (Å²) >= 11 is 0. The number of halogens is 2. The van der Waals surface area contributed by atoms with Crippen LogP contribution in [0, 0.1) is 13.8 Å². The minimum Gasteiger partial charge on any atom is -1.00 e. The Kier molecular flexibility index (Phi) is 19.9. The smallest absolute Gasteiger partial charge is 1.00 e. The van der Waals surface area contributed by atoms with Crippen LogP contribution in [0.15, 0.2) is 60.7 Å². The molecular weight excluding hydrogens is 709 g/mol. The fourth-order valence-corrected chi connectivity index (χ4v) is 3.92. The van der Waals surface area contributed by atoms with Crippen LogP contribution in [0.4, 0.5) is 0 Å². The fourth-order valence-electron chi connectivity index (χ4n) is 3.92. The minimum absolute atomic E-state index is 0. The molecule has 4 rings (SSSR count). The Morgan fingerprint density at radius 2 is 0.969 bits per heavy atom. The summed E-state index contributed by atoms with van der Waals surface area (Å²) in [6.45, 7) is 13.3. The van der Waals surface area contributed by atoms with Crippen molar-refractivity contribution in [3.63, 3.8) is 0 Å². The van der Waals surface area contributed by atoms with Crippen molar-refractivity contribution >= 4 is 31.1 Å². The largest absolute Gasteiger partial charge is 4.00 e. The maximum absolute atomic E-state index is 2.33. The van der Waals surface area contributed by atoms with Crippen LogP contribution in [0.1, 0.15) is 48.9 Å². The third-order valence-corrected chi connectivity index (χ3v) is 5.39. The zero-order valence-electron chi connectivity index (χ0n) is 20.4. The summed E-state index contributed by atoms with van der Waals surface area (Å²) in [6, 6.07) is 21.9. The predicted molar refractivity (Wildman–Crippen MR) is 135 cm³/mol. The molecule has 0 unspecified atom stereocenters. The van der Waals surface area contributed by atoms with Crippen molar-refractivity contribution < 1.29 is 74.2 Å². The van der Waals surface area contributed by atoms with E-state index < -0.39 is 0 Å². The molecule has 32 heavy (non-hydrogen) atoms. The summed E-state index contributed by atoms with van der Waals surface area (Å²) in [5.41, 5.74) is 5.97. The van der Waals surface area contributed by atoms with Crippen LogP contribution in [0.2, 0.25) is 13.1 Å². The van der Waals surface area contributed by atoms with Gasteiger partial charge in [0.1, 0.15) is 0 Å². The number of aryl methyl sites for hydroxylation is 4. The van der Waals surface area contributed by atoms with Crippen LogP contribution in [-0.2, 0) is 39.0 Å². The van der Waals surface area contributed by atoms with Gasteiger partial charge in [-0.25, -0.2) is 0 Å². The van der Waals surface area contributed by atoms with Gasteiger partial charge < -0.3 is 48.0 Å². The molecule has 0 nitrogen and oxygen atoms in total. The van der Waals surface area contributed by atoms with Crippen LogP contribution < -0.4 is 48.0 Å². The molecule has 4 aromatic rings. The third-order valence-electron chi connectivity index (χ3n) is 5.39. The average molecular weight is 747 g/mol. The maximum atomic E-state index is 2.33. The van der Waals surface area contributed by atoms with Gasteiger partial charge in [-0.2, -0.15) is 11.1 Å². The zero-order valence-corrected chi connectivity index (χ0v) is 28.4. The van der Waals surface area contributed by atoms with Crippen LogP contribution in [0.5, 0.6) is 0 Å². The van der Waals surface area contributed by atoms with Crippen LogP contribution >= 0.6 is 0 Å². The number of hydrogen-bond donors (Lipinski definition) is 0. The second-order valence-corrected chi connectivity index (χ2v) is 9.00. The zero-order chi connectivity index (χ0) is 21.2. The first kappa shape index (κ1) is 34.4. The molecule has 0 aromatic heterocycles. The molecule has 0 spiro atoms. The van der Waals surface area contributed by atoms with Crippen molar-refractivity contribution in [1.82, 2.24) is 0 Å². The quantitative estimate of drug-likeness (QED) is 0.171. The molecule has 0 aliphatic carbocycles. The van der Waals surface area contributed by atoms with E-state index in [1.54, 1.807) is 0 Å². The molecule has 0 aliphatic rings. The van der Waals surface area contributed by atoms with E-state index in [1.807, 2.05) is 0 Å². The van der Waals surface area contributed by atoms with Gasteiger partial charge in [-0.05, 0) is 12.8 Å². The summed E-state index contributed by atoms with van der Waals surface area (Å²) in [4.78, 5) is 0. The van der Waals surface area contributed by atoms with Gasteiger partial charge in [-0.1, -0.05) is 65.8 Å². The molecule has 0 atom stereocenters. The summed E-state index contributed by atoms with van der Waals surface area (Å²) in [5, 5.41) is 5.63. The normalized spacial score (nSPS) is 9.44. The second kappa shape index (κ2) is 18.5. The summed E-state index contributed by atoms with van der Waals surface area (Å²) in [6.07, 6.45) is 4.88. The average Bonchev–Trinajstić information content (AvgIpc) is 3.21. The van der Waals surface area contributed by atoms with E-state index in [1.165, 1.54) is 69.5 Å². The monoisotopic (exact) mass is 745 g/mol. The molecule has 0 aliphatic heterocycles. The Morgan fingerprint density at radius 1 is 0.656 bits per heavy atom. The van der Waals surface area contributed by atoms with Gasteiger partial charge >= 0.3 is 26.2 Å². The third kappa shape index (κ3) is 9.46. The first-order chi connectivity index (χ1) is 14.1. The predicted octanol–water partition coefficient (Wildman–Crippen LogP) is 2.16. The van der Waals surface area contributed by atoms with E-state index in [9.17, 15) is 0 Å². The topological polar surface area (TPSA) is 0 Å².